The maximum atomic E-state index is 13.4. The van der Waals surface area contributed by atoms with Gasteiger partial charge in [-0.3, -0.25) is 4.79 Å². The number of anilines is 2. The first kappa shape index (κ1) is 18.7. The molecule has 0 N–H and O–H groups in total. The molecule has 8 nitrogen and oxygen atoms in total. The molecule has 0 bridgehead atoms. The molecular formula is C20H20F2N6O2. The van der Waals surface area contributed by atoms with Gasteiger partial charge in [-0.1, -0.05) is 0 Å². The van der Waals surface area contributed by atoms with Crippen LogP contribution in [0, 0.1) is 6.92 Å². The molecule has 4 heterocycles. The number of halogens is 2. The van der Waals surface area contributed by atoms with Crippen LogP contribution in [-0.4, -0.2) is 62.6 Å². The Morgan fingerprint density at radius 2 is 1.97 bits per heavy atom. The number of aryl methyl sites for hydroxylation is 1. The van der Waals surface area contributed by atoms with Gasteiger partial charge in [0.15, 0.2) is 0 Å². The zero-order valence-corrected chi connectivity index (χ0v) is 16.4. The molecule has 2 aliphatic heterocycles. The molecule has 1 aromatic carbocycles. The number of ether oxygens (including phenoxy) is 1. The summed E-state index contributed by atoms with van der Waals surface area (Å²) in [5, 5.41) is 4.27. The Morgan fingerprint density at radius 3 is 2.77 bits per heavy atom. The summed E-state index contributed by atoms with van der Waals surface area (Å²) in [7, 11) is 0. The van der Waals surface area contributed by atoms with Gasteiger partial charge >= 0.3 is 0 Å². The zero-order chi connectivity index (χ0) is 20.9. The molecule has 1 amide bonds. The molecule has 1 saturated heterocycles. The number of hydrogen-bond donors (Lipinski definition) is 0. The minimum atomic E-state index is -2.69. The Balaban J connectivity index is 1.46. The summed E-state index contributed by atoms with van der Waals surface area (Å²) in [4.78, 5) is 24.9. The van der Waals surface area contributed by atoms with Crippen molar-refractivity contribution in [1.29, 1.82) is 0 Å². The standard InChI is InChI=1S/C20H20F2N6O2/c1-13-10-17(28-19(25-13)23-12-24-28)27-8-9-30-16-11-14(2-3-15(16)27)18(29)26-6-4-20(21,22)5-7-26/h2-3,10-12H,4-9H2,1H3. The van der Waals surface area contributed by atoms with Crippen molar-refractivity contribution < 1.29 is 18.3 Å². The van der Waals surface area contributed by atoms with Crippen LogP contribution in [0.4, 0.5) is 20.3 Å². The third-order valence-corrected chi connectivity index (χ3v) is 5.49. The number of rotatable bonds is 2. The van der Waals surface area contributed by atoms with Crippen LogP contribution in [0.3, 0.4) is 0 Å². The van der Waals surface area contributed by atoms with E-state index >= 15 is 0 Å². The Morgan fingerprint density at radius 1 is 1.17 bits per heavy atom. The van der Waals surface area contributed by atoms with E-state index in [1.807, 2.05) is 24.0 Å². The van der Waals surface area contributed by atoms with Gasteiger partial charge in [-0.05, 0) is 25.1 Å². The molecular weight excluding hydrogens is 394 g/mol. The predicted octanol–water partition coefficient (Wildman–Crippen LogP) is 2.83. The van der Waals surface area contributed by atoms with Crippen LogP contribution in [0.5, 0.6) is 5.75 Å². The monoisotopic (exact) mass is 414 g/mol. The average Bonchev–Trinajstić information content (AvgIpc) is 3.20. The van der Waals surface area contributed by atoms with Gasteiger partial charge in [0.25, 0.3) is 17.6 Å². The van der Waals surface area contributed by atoms with Gasteiger partial charge < -0.3 is 14.5 Å². The second kappa shape index (κ2) is 6.89. The molecule has 30 heavy (non-hydrogen) atoms. The molecule has 0 saturated carbocycles. The van der Waals surface area contributed by atoms with Crippen LogP contribution in [0.15, 0.2) is 30.6 Å². The van der Waals surface area contributed by atoms with Crippen LogP contribution in [0.25, 0.3) is 5.78 Å². The largest absolute Gasteiger partial charge is 0.490 e. The fraction of sp³-hybridized carbons (Fsp3) is 0.400. The van der Waals surface area contributed by atoms with Gasteiger partial charge in [0.1, 0.15) is 24.5 Å². The summed E-state index contributed by atoms with van der Waals surface area (Å²) in [6, 6.07) is 7.13. The number of carbonyl (C=O) groups excluding carboxylic acids is 1. The molecule has 5 rings (SSSR count). The first-order chi connectivity index (χ1) is 14.4. The van der Waals surface area contributed by atoms with E-state index in [4.69, 9.17) is 4.74 Å². The number of carbonyl (C=O) groups is 1. The van der Waals surface area contributed by atoms with Crippen LogP contribution in [0.1, 0.15) is 28.9 Å². The number of fused-ring (bicyclic) bond motifs is 2. The van der Waals surface area contributed by atoms with E-state index in [1.165, 1.54) is 11.2 Å². The Kier molecular flexibility index (Phi) is 4.30. The summed E-state index contributed by atoms with van der Waals surface area (Å²) < 4.78 is 34.3. The van der Waals surface area contributed by atoms with Gasteiger partial charge in [0.2, 0.25) is 0 Å². The minimum absolute atomic E-state index is 0.0521. The topological polar surface area (TPSA) is 75.9 Å². The maximum absolute atomic E-state index is 13.4. The van der Waals surface area contributed by atoms with Crippen molar-refractivity contribution in [3.8, 4) is 5.75 Å². The van der Waals surface area contributed by atoms with Gasteiger partial charge in [-0.2, -0.15) is 14.6 Å². The molecule has 0 atom stereocenters. The molecule has 156 valence electrons. The SMILES string of the molecule is Cc1cc(N2CCOc3cc(C(=O)N4CCC(F)(F)CC4)ccc32)n2ncnc2n1. The quantitative estimate of drug-likeness (QED) is 0.642. The fourth-order valence-corrected chi connectivity index (χ4v) is 3.91. The van der Waals surface area contributed by atoms with Gasteiger partial charge in [0, 0.05) is 43.3 Å². The number of piperidine rings is 1. The summed E-state index contributed by atoms with van der Waals surface area (Å²) in [5.74, 6) is -1.07. The van der Waals surface area contributed by atoms with Gasteiger partial charge in [0.05, 0.1) is 12.2 Å². The number of aromatic nitrogens is 4. The Labute approximate surface area is 171 Å². The van der Waals surface area contributed by atoms with Gasteiger partial charge in [-0.15, -0.1) is 0 Å². The van der Waals surface area contributed by atoms with Crippen molar-refractivity contribution in [1.82, 2.24) is 24.5 Å². The van der Waals surface area contributed by atoms with Crippen molar-refractivity contribution in [2.75, 3.05) is 31.1 Å². The Bertz CT molecular complexity index is 1120. The van der Waals surface area contributed by atoms with Crippen LogP contribution >= 0.6 is 0 Å². The van der Waals surface area contributed by atoms with Crippen LogP contribution in [0.2, 0.25) is 0 Å². The average molecular weight is 414 g/mol. The molecule has 10 heteroatoms. The van der Waals surface area contributed by atoms with E-state index in [9.17, 15) is 13.6 Å². The van der Waals surface area contributed by atoms with Gasteiger partial charge in [-0.25, -0.2) is 13.8 Å². The molecule has 2 aliphatic rings. The number of hydrogen-bond acceptors (Lipinski definition) is 6. The second-order valence-electron chi connectivity index (χ2n) is 7.56. The smallest absolute Gasteiger partial charge is 0.254 e. The number of alkyl halides is 2. The number of likely N-dealkylation sites (tertiary alicyclic amines) is 1. The summed E-state index contributed by atoms with van der Waals surface area (Å²) in [6.45, 7) is 3.02. The lowest BCUT2D eigenvalue weighted by atomic mass is 10.0. The highest BCUT2D eigenvalue weighted by atomic mass is 19.3. The van der Waals surface area contributed by atoms with Crippen molar-refractivity contribution in [3.63, 3.8) is 0 Å². The molecule has 2 aromatic heterocycles. The van der Waals surface area contributed by atoms with Crippen LogP contribution in [-0.2, 0) is 0 Å². The van der Waals surface area contributed by atoms with E-state index in [2.05, 4.69) is 15.1 Å². The molecule has 0 radical (unpaired) electrons. The van der Waals surface area contributed by atoms with E-state index in [1.54, 1.807) is 16.6 Å². The summed E-state index contributed by atoms with van der Waals surface area (Å²) >= 11 is 0. The highest BCUT2D eigenvalue weighted by molar-refractivity contribution is 5.95. The fourth-order valence-electron chi connectivity index (χ4n) is 3.91. The highest BCUT2D eigenvalue weighted by Gasteiger charge is 2.36. The van der Waals surface area contributed by atoms with Crippen molar-refractivity contribution in [2.24, 2.45) is 0 Å². The summed E-state index contributed by atoms with van der Waals surface area (Å²) in [5.41, 5.74) is 2.04. The number of nitrogens with zero attached hydrogens (tertiary/aromatic N) is 6. The van der Waals surface area contributed by atoms with E-state index in [-0.39, 0.29) is 31.8 Å². The third kappa shape index (κ3) is 3.21. The zero-order valence-electron chi connectivity index (χ0n) is 16.4. The van der Waals surface area contributed by atoms with Crippen molar-refractivity contribution >= 4 is 23.2 Å². The van der Waals surface area contributed by atoms with Crippen LogP contribution < -0.4 is 9.64 Å². The molecule has 0 unspecified atom stereocenters. The number of amides is 1. The normalized spacial score (nSPS) is 18.2. The first-order valence-corrected chi connectivity index (χ1v) is 9.80. The molecule has 0 spiro atoms. The van der Waals surface area contributed by atoms with Crippen molar-refractivity contribution in [2.45, 2.75) is 25.7 Å². The maximum Gasteiger partial charge on any atom is 0.254 e. The lowest BCUT2D eigenvalue weighted by molar-refractivity contribution is -0.0494. The lowest BCUT2D eigenvalue weighted by Crippen LogP contribution is -2.42. The van der Waals surface area contributed by atoms with E-state index in [0.29, 0.717) is 30.2 Å². The summed E-state index contributed by atoms with van der Waals surface area (Å²) in [6.07, 6.45) is 0.850. The Hall–Kier alpha value is -3.30. The molecule has 1 fully saturated rings. The van der Waals surface area contributed by atoms with Crippen molar-refractivity contribution in [3.05, 3.63) is 41.9 Å². The van der Waals surface area contributed by atoms with E-state index < -0.39 is 5.92 Å². The highest BCUT2D eigenvalue weighted by Crippen LogP contribution is 2.38. The lowest BCUT2D eigenvalue weighted by Gasteiger charge is -2.33. The minimum Gasteiger partial charge on any atom is -0.490 e. The number of benzene rings is 1. The third-order valence-electron chi connectivity index (χ3n) is 5.49. The molecule has 3 aromatic rings. The molecule has 0 aliphatic carbocycles. The predicted molar refractivity (Wildman–Crippen MR) is 105 cm³/mol. The second-order valence-corrected chi connectivity index (χ2v) is 7.56. The first-order valence-electron chi connectivity index (χ1n) is 9.80. The van der Waals surface area contributed by atoms with E-state index in [0.717, 1.165) is 17.2 Å².